The van der Waals surface area contributed by atoms with Crippen molar-refractivity contribution in [1.29, 1.82) is 0 Å². The predicted octanol–water partition coefficient (Wildman–Crippen LogP) is 5.14. The Balaban J connectivity index is 1.28. The number of nitrogens with one attached hydrogen (secondary N) is 2. The Labute approximate surface area is 191 Å². The van der Waals surface area contributed by atoms with Crippen molar-refractivity contribution < 1.29 is 13.9 Å². The number of rotatable bonds is 6. The molecule has 8 heteroatoms. The number of amides is 1. The minimum Gasteiger partial charge on any atom is -0.493 e. The molecule has 8 nitrogen and oxygen atoms in total. The smallest absolute Gasteiger partial charge is 0.291 e. The number of para-hydroxylation sites is 1. The van der Waals surface area contributed by atoms with Gasteiger partial charge in [-0.3, -0.25) is 4.79 Å². The van der Waals surface area contributed by atoms with E-state index in [9.17, 15) is 4.79 Å². The van der Waals surface area contributed by atoms with Gasteiger partial charge in [0.05, 0.1) is 7.11 Å². The summed E-state index contributed by atoms with van der Waals surface area (Å²) in [5.74, 6) is 2.92. The third-order valence-corrected chi connectivity index (χ3v) is 5.62. The van der Waals surface area contributed by atoms with E-state index in [-0.39, 0.29) is 11.7 Å². The molecular formula is C25H25N5O3. The largest absolute Gasteiger partial charge is 0.493 e. The van der Waals surface area contributed by atoms with E-state index in [2.05, 4.69) is 25.5 Å². The zero-order chi connectivity index (χ0) is 22.8. The van der Waals surface area contributed by atoms with Crippen molar-refractivity contribution in [3.05, 3.63) is 66.2 Å². The van der Waals surface area contributed by atoms with Gasteiger partial charge >= 0.3 is 0 Å². The van der Waals surface area contributed by atoms with E-state index >= 15 is 0 Å². The number of fused-ring (bicyclic) bond motifs is 1. The van der Waals surface area contributed by atoms with Crippen LogP contribution in [0.5, 0.6) is 5.75 Å². The number of anilines is 4. The third kappa shape index (κ3) is 4.45. The van der Waals surface area contributed by atoms with Gasteiger partial charge in [-0.25, -0.2) is 9.97 Å². The number of carbonyl (C=O) groups is 1. The minimum absolute atomic E-state index is 0.225. The minimum atomic E-state index is -0.323. The highest BCUT2D eigenvalue weighted by molar-refractivity contribution is 6.05. The number of hydrogen-bond donors (Lipinski definition) is 2. The van der Waals surface area contributed by atoms with Gasteiger partial charge in [0.1, 0.15) is 17.5 Å². The van der Waals surface area contributed by atoms with Crippen LogP contribution in [0.15, 0.2) is 59.0 Å². The molecule has 1 aliphatic rings. The van der Waals surface area contributed by atoms with Crippen molar-refractivity contribution in [2.75, 3.05) is 35.7 Å². The molecule has 33 heavy (non-hydrogen) atoms. The molecule has 3 heterocycles. The number of ether oxygens (including phenoxy) is 1. The van der Waals surface area contributed by atoms with Crippen LogP contribution in [0, 0.1) is 6.92 Å². The lowest BCUT2D eigenvalue weighted by Crippen LogP contribution is -2.19. The van der Waals surface area contributed by atoms with Crippen molar-refractivity contribution in [2.24, 2.45) is 0 Å². The number of furan rings is 1. The number of aryl methyl sites for hydroxylation is 1. The van der Waals surface area contributed by atoms with Crippen LogP contribution >= 0.6 is 0 Å². The van der Waals surface area contributed by atoms with Crippen molar-refractivity contribution in [2.45, 2.75) is 19.8 Å². The van der Waals surface area contributed by atoms with E-state index in [4.69, 9.17) is 9.15 Å². The summed E-state index contributed by atoms with van der Waals surface area (Å²) in [5.41, 5.74) is 2.08. The molecule has 4 aromatic rings. The summed E-state index contributed by atoms with van der Waals surface area (Å²) < 4.78 is 11.0. The first kappa shape index (κ1) is 20.8. The van der Waals surface area contributed by atoms with Crippen molar-refractivity contribution in [1.82, 2.24) is 9.97 Å². The Kier molecular flexibility index (Phi) is 5.56. The number of hydrogen-bond acceptors (Lipinski definition) is 7. The molecule has 1 saturated heterocycles. The number of nitrogens with zero attached hydrogens (tertiary/aromatic N) is 3. The molecule has 0 aliphatic carbocycles. The Morgan fingerprint density at radius 3 is 2.55 bits per heavy atom. The van der Waals surface area contributed by atoms with Crippen LogP contribution in [0.25, 0.3) is 11.0 Å². The maximum absolute atomic E-state index is 12.7. The van der Waals surface area contributed by atoms with E-state index in [0.717, 1.165) is 41.6 Å². The molecule has 1 amide bonds. The molecular weight excluding hydrogens is 418 g/mol. The topological polar surface area (TPSA) is 92.5 Å². The zero-order valence-corrected chi connectivity index (χ0v) is 18.6. The number of benzene rings is 2. The van der Waals surface area contributed by atoms with Crippen molar-refractivity contribution in [3.63, 3.8) is 0 Å². The Hall–Kier alpha value is -4.07. The van der Waals surface area contributed by atoms with E-state index in [1.54, 1.807) is 19.2 Å². The molecule has 0 bridgehead atoms. The predicted molar refractivity (Wildman–Crippen MR) is 129 cm³/mol. The molecule has 0 atom stereocenters. The second-order valence-electron chi connectivity index (χ2n) is 8.00. The average Bonchev–Trinajstić information content (AvgIpc) is 3.50. The van der Waals surface area contributed by atoms with Crippen LogP contribution in [0.2, 0.25) is 0 Å². The highest BCUT2D eigenvalue weighted by Gasteiger charge is 2.16. The van der Waals surface area contributed by atoms with E-state index in [1.165, 1.54) is 12.8 Å². The molecule has 0 radical (unpaired) electrons. The summed E-state index contributed by atoms with van der Waals surface area (Å²) in [6, 6.07) is 16.7. The molecule has 0 unspecified atom stereocenters. The van der Waals surface area contributed by atoms with Gasteiger partial charge in [0, 0.05) is 35.9 Å². The van der Waals surface area contributed by atoms with E-state index < -0.39 is 0 Å². The van der Waals surface area contributed by atoms with Crippen LogP contribution in [0.4, 0.5) is 23.0 Å². The molecule has 168 valence electrons. The summed E-state index contributed by atoms with van der Waals surface area (Å²) in [7, 11) is 1.57. The van der Waals surface area contributed by atoms with Crippen LogP contribution in [-0.4, -0.2) is 36.1 Å². The number of carbonyl (C=O) groups excluding carboxylic acids is 1. The zero-order valence-electron chi connectivity index (χ0n) is 18.6. The first-order valence-electron chi connectivity index (χ1n) is 10.9. The Morgan fingerprint density at radius 1 is 1.03 bits per heavy atom. The maximum atomic E-state index is 12.7. The molecule has 2 N–H and O–H groups in total. The van der Waals surface area contributed by atoms with Gasteiger partial charge in [0.25, 0.3) is 5.91 Å². The lowest BCUT2D eigenvalue weighted by molar-refractivity contribution is 0.0998. The van der Waals surface area contributed by atoms with Crippen molar-refractivity contribution in [3.8, 4) is 5.75 Å². The normalized spacial score (nSPS) is 13.3. The van der Waals surface area contributed by atoms with Gasteiger partial charge < -0.3 is 24.7 Å². The maximum Gasteiger partial charge on any atom is 0.291 e. The SMILES string of the molecule is COc1cccc2cc(C(=O)Nc3ccc(Nc4cc(N5CCCC5)nc(C)n4)cc3)oc12. The lowest BCUT2D eigenvalue weighted by Gasteiger charge is -2.18. The standard InChI is InChI=1S/C25H25N5O3/c1-16-26-22(15-23(27-16)30-12-3-4-13-30)28-18-8-10-19(11-9-18)29-25(31)21-14-17-6-5-7-20(32-2)24(17)33-21/h5-11,14-15H,3-4,12-13H2,1-2H3,(H,29,31)(H,26,27,28). The summed E-state index contributed by atoms with van der Waals surface area (Å²) >= 11 is 0. The monoisotopic (exact) mass is 443 g/mol. The summed E-state index contributed by atoms with van der Waals surface area (Å²) in [5, 5.41) is 7.01. The fraction of sp³-hybridized carbons (Fsp3) is 0.240. The highest BCUT2D eigenvalue weighted by Crippen LogP contribution is 2.29. The molecule has 0 spiro atoms. The molecule has 1 fully saturated rings. The molecule has 2 aromatic heterocycles. The highest BCUT2D eigenvalue weighted by atomic mass is 16.5. The first-order valence-corrected chi connectivity index (χ1v) is 10.9. The summed E-state index contributed by atoms with van der Waals surface area (Å²) in [6.07, 6.45) is 2.39. The fourth-order valence-corrected chi connectivity index (χ4v) is 4.01. The summed E-state index contributed by atoms with van der Waals surface area (Å²) in [6.45, 7) is 3.96. The Morgan fingerprint density at radius 2 is 1.79 bits per heavy atom. The van der Waals surface area contributed by atoms with E-state index in [0.29, 0.717) is 17.0 Å². The van der Waals surface area contributed by atoms with Gasteiger partial charge in [0.15, 0.2) is 17.1 Å². The van der Waals surface area contributed by atoms with Gasteiger partial charge in [-0.1, -0.05) is 12.1 Å². The van der Waals surface area contributed by atoms with Gasteiger partial charge in [-0.05, 0) is 56.2 Å². The van der Waals surface area contributed by atoms with E-state index in [1.807, 2.05) is 49.4 Å². The second kappa shape index (κ2) is 8.82. The van der Waals surface area contributed by atoms with Crippen LogP contribution in [0.3, 0.4) is 0 Å². The number of aromatic nitrogens is 2. The second-order valence-corrected chi connectivity index (χ2v) is 8.00. The molecule has 5 rings (SSSR count). The van der Waals surface area contributed by atoms with Crippen LogP contribution < -0.4 is 20.3 Å². The van der Waals surface area contributed by atoms with Gasteiger partial charge in [-0.2, -0.15) is 0 Å². The fourth-order valence-electron chi connectivity index (χ4n) is 4.01. The van der Waals surface area contributed by atoms with Crippen LogP contribution in [0.1, 0.15) is 29.2 Å². The molecule has 2 aromatic carbocycles. The van der Waals surface area contributed by atoms with Crippen molar-refractivity contribution >= 4 is 39.9 Å². The lowest BCUT2D eigenvalue weighted by atomic mass is 10.2. The quantitative estimate of drug-likeness (QED) is 0.426. The number of methoxy groups -OCH3 is 1. The van der Waals surface area contributed by atoms with Gasteiger partial charge in [-0.15, -0.1) is 0 Å². The summed E-state index contributed by atoms with van der Waals surface area (Å²) in [4.78, 5) is 24.0. The first-order chi connectivity index (χ1) is 16.1. The molecule has 1 aliphatic heterocycles. The van der Waals surface area contributed by atoms with Crippen LogP contribution in [-0.2, 0) is 0 Å². The van der Waals surface area contributed by atoms with Gasteiger partial charge in [0.2, 0.25) is 0 Å². The average molecular weight is 444 g/mol. The molecule has 0 saturated carbocycles. The third-order valence-electron chi connectivity index (χ3n) is 5.62. The Bertz CT molecular complexity index is 1290.